The van der Waals surface area contributed by atoms with Crippen molar-refractivity contribution < 1.29 is 19.4 Å². The number of fused-ring (bicyclic) bond motifs is 3. The number of methoxy groups -OCH3 is 1. The Morgan fingerprint density at radius 2 is 2.22 bits per heavy atom. The number of hydrogen-bond acceptors (Lipinski definition) is 6. The lowest BCUT2D eigenvalue weighted by molar-refractivity contribution is -0.216. The third kappa shape index (κ3) is 1.39. The third-order valence-corrected chi connectivity index (χ3v) is 8.06. The average molecular weight is 368 g/mol. The van der Waals surface area contributed by atoms with E-state index in [1.807, 2.05) is 25.1 Å². The molecule has 2 saturated heterocycles. The van der Waals surface area contributed by atoms with Gasteiger partial charge in [0.25, 0.3) is 0 Å². The van der Waals surface area contributed by atoms with Gasteiger partial charge in [0.15, 0.2) is 5.72 Å². The summed E-state index contributed by atoms with van der Waals surface area (Å²) in [6.07, 6.45) is 5.44. The van der Waals surface area contributed by atoms with Crippen molar-refractivity contribution in [3.63, 3.8) is 0 Å². The lowest BCUT2D eigenvalue weighted by atomic mass is 9.49. The van der Waals surface area contributed by atoms with Gasteiger partial charge in [-0.1, -0.05) is 30.4 Å². The molecule has 0 radical (unpaired) electrons. The van der Waals surface area contributed by atoms with Crippen LogP contribution in [-0.4, -0.2) is 59.6 Å². The van der Waals surface area contributed by atoms with Gasteiger partial charge in [-0.3, -0.25) is 4.90 Å². The molecule has 1 aliphatic carbocycles. The molecule has 2 N–H and O–H groups in total. The highest BCUT2D eigenvalue weighted by Crippen LogP contribution is 2.72. The van der Waals surface area contributed by atoms with Crippen LogP contribution in [0.25, 0.3) is 0 Å². The monoisotopic (exact) mass is 368 g/mol. The highest BCUT2D eigenvalue weighted by Gasteiger charge is 2.86. The summed E-state index contributed by atoms with van der Waals surface area (Å²) in [5.41, 5.74) is -1.95. The van der Waals surface area contributed by atoms with Gasteiger partial charge in [-0.05, 0) is 31.5 Å². The van der Waals surface area contributed by atoms with Crippen LogP contribution in [0.4, 0.5) is 5.69 Å². The number of rotatable bonds is 1. The summed E-state index contributed by atoms with van der Waals surface area (Å²) < 4.78 is 11.6. The molecule has 142 valence electrons. The minimum absolute atomic E-state index is 0.0754. The molecule has 5 aliphatic rings. The number of carbonyl (C=O) groups is 1. The van der Waals surface area contributed by atoms with Crippen LogP contribution < -0.4 is 5.32 Å². The number of esters is 1. The van der Waals surface area contributed by atoms with E-state index in [-0.39, 0.29) is 17.6 Å². The Labute approximate surface area is 158 Å². The van der Waals surface area contributed by atoms with Crippen molar-refractivity contribution in [3.05, 3.63) is 42.0 Å². The molecule has 1 aromatic rings. The number of carbonyl (C=O) groups excluding carboxylic acids is 1. The molecule has 3 fully saturated rings. The van der Waals surface area contributed by atoms with E-state index < -0.39 is 22.7 Å². The minimum atomic E-state index is -1.55. The molecule has 4 heterocycles. The van der Waals surface area contributed by atoms with Gasteiger partial charge in [0, 0.05) is 30.1 Å². The zero-order valence-corrected chi connectivity index (χ0v) is 15.6. The number of nitrogens with one attached hydrogen (secondary N) is 1. The summed E-state index contributed by atoms with van der Waals surface area (Å²) in [7, 11) is 1.37. The van der Waals surface area contributed by atoms with Crippen molar-refractivity contribution in [3.8, 4) is 0 Å². The van der Waals surface area contributed by atoms with E-state index in [9.17, 15) is 9.90 Å². The quantitative estimate of drug-likeness (QED) is 0.577. The second kappa shape index (κ2) is 4.57. The van der Waals surface area contributed by atoms with Gasteiger partial charge >= 0.3 is 5.97 Å². The van der Waals surface area contributed by atoms with Crippen molar-refractivity contribution in [2.45, 2.75) is 48.7 Å². The number of hydrogen-bond donors (Lipinski definition) is 2. The van der Waals surface area contributed by atoms with Crippen LogP contribution in [0.3, 0.4) is 0 Å². The Balaban J connectivity index is 1.72. The fraction of sp³-hybridized carbons (Fsp3) is 0.571. The van der Waals surface area contributed by atoms with Crippen molar-refractivity contribution in [2.75, 3.05) is 25.5 Å². The van der Waals surface area contributed by atoms with E-state index in [1.54, 1.807) is 0 Å². The molecule has 6 rings (SSSR count). The number of nitrogens with zero attached hydrogens (tertiary/aromatic N) is 1. The zero-order chi connectivity index (χ0) is 18.7. The van der Waals surface area contributed by atoms with Crippen molar-refractivity contribution in [1.29, 1.82) is 0 Å². The maximum absolute atomic E-state index is 13.1. The molecule has 0 aromatic heterocycles. The van der Waals surface area contributed by atoms with Crippen LogP contribution >= 0.6 is 0 Å². The molecular weight excluding hydrogens is 344 g/mol. The molecule has 6 atom stereocenters. The second-order valence-electron chi connectivity index (χ2n) is 8.77. The first kappa shape index (κ1) is 16.1. The zero-order valence-electron chi connectivity index (χ0n) is 15.6. The molecule has 6 nitrogen and oxygen atoms in total. The van der Waals surface area contributed by atoms with Crippen LogP contribution in [0.5, 0.6) is 0 Å². The van der Waals surface area contributed by atoms with Crippen LogP contribution in [0.15, 0.2) is 36.4 Å². The molecule has 0 amide bonds. The van der Waals surface area contributed by atoms with Crippen molar-refractivity contribution >= 4 is 11.7 Å². The van der Waals surface area contributed by atoms with Gasteiger partial charge in [0.05, 0.1) is 18.6 Å². The van der Waals surface area contributed by atoms with Crippen molar-refractivity contribution in [1.82, 2.24) is 4.90 Å². The largest absolute Gasteiger partial charge is 0.467 e. The van der Waals surface area contributed by atoms with Gasteiger partial charge in [0.1, 0.15) is 0 Å². The van der Waals surface area contributed by atoms with Crippen LogP contribution in [0.2, 0.25) is 0 Å². The summed E-state index contributed by atoms with van der Waals surface area (Å²) in [4.78, 5) is 15.6. The number of anilines is 1. The first-order chi connectivity index (χ1) is 13.0. The Bertz CT molecular complexity index is 902. The molecule has 1 aromatic carbocycles. The molecule has 2 spiro atoms. The first-order valence-electron chi connectivity index (χ1n) is 9.73. The highest BCUT2D eigenvalue weighted by molar-refractivity contribution is 5.87. The van der Waals surface area contributed by atoms with Crippen LogP contribution in [0.1, 0.15) is 25.3 Å². The number of benzene rings is 1. The summed E-state index contributed by atoms with van der Waals surface area (Å²) in [6, 6.07) is 8.12. The van der Waals surface area contributed by atoms with E-state index in [0.717, 1.165) is 30.8 Å². The van der Waals surface area contributed by atoms with E-state index in [2.05, 4.69) is 28.4 Å². The average Bonchev–Trinajstić information content (AvgIpc) is 3.28. The standard InChI is InChI=1S/C21H24N2O4/c1-13-18-8-5-10-23-11-9-19(16(18)23)14-6-3-4-7-15(14)22-21(19,25)20(12-18,27-13)17(24)26-2/h3-8,13,16,22,25H,9-12H2,1-2H3/t13-,16-,18-,19+,20-,21-/m0/s1. The fourth-order valence-corrected chi connectivity index (χ4v) is 7.18. The number of para-hydroxylation sites is 1. The molecule has 6 heteroatoms. The second-order valence-corrected chi connectivity index (χ2v) is 8.77. The Morgan fingerprint density at radius 1 is 1.41 bits per heavy atom. The van der Waals surface area contributed by atoms with Gasteiger partial charge in [-0.2, -0.15) is 0 Å². The van der Waals surface area contributed by atoms with Gasteiger partial charge < -0.3 is 19.9 Å². The van der Waals surface area contributed by atoms with E-state index in [1.165, 1.54) is 7.11 Å². The Hall–Kier alpha value is -1.89. The maximum atomic E-state index is 13.1. The maximum Gasteiger partial charge on any atom is 0.343 e. The van der Waals surface area contributed by atoms with E-state index >= 15 is 0 Å². The summed E-state index contributed by atoms with van der Waals surface area (Å²) in [5.74, 6) is -0.496. The SMILES string of the molecule is COC(=O)[C@@]12C[C@@]3(C=CCN4CC[C@@]5(c6ccccc6N[C@@]15O)[C@@H]43)[C@H](C)O2. The molecule has 1 saturated carbocycles. The van der Waals surface area contributed by atoms with Gasteiger partial charge in [-0.25, -0.2) is 4.79 Å². The minimum Gasteiger partial charge on any atom is -0.467 e. The van der Waals surface area contributed by atoms with Gasteiger partial charge in [-0.15, -0.1) is 0 Å². The van der Waals surface area contributed by atoms with Crippen molar-refractivity contribution in [2.24, 2.45) is 5.41 Å². The number of ether oxygens (including phenoxy) is 2. The lowest BCUT2D eigenvalue weighted by Crippen LogP contribution is -2.77. The summed E-state index contributed by atoms with van der Waals surface area (Å²) in [5, 5.41) is 15.7. The fourth-order valence-electron chi connectivity index (χ4n) is 7.18. The Morgan fingerprint density at radius 3 is 3.04 bits per heavy atom. The predicted octanol–water partition coefficient (Wildman–Crippen LogP) is 1.40. The molecule has 2 bridgehead atoms. The van der Waals surface area contributed by atoms with E-state index in [4.69, 9.17) is 9.47 Å². The smallest absolute Gasteiger partial charge is 0.343 e. The summed E-state index contributed by atoms with van der Waals surface area (Å²) >= 11 is 0. The van der Waals surface area contributed by atoms with Crippen LogP contribution in [-0.2, 0) is 19.7 Å². The lowest BCUT2D eigenvalue weighted by Gasteiger charge is -2.59. The normalized spacial score (nSPS) is 48.6. The summed E-state index contributed by atoms with van der Waals surface area (Å²) in [6.45, 7) is 3.78. The first-order valence-corrected chi connectivity index (χ1v) is 9.73. The van der Waals surface area contributed by atoms with Crippen LogP contribution in [0, 0.1) is 5.41 Å². The topological polar surface area (TPSA) is 71.0 Å². The number of aliphatic hydroxyl groups is 1. The van der Waals surface area contributed by atoms with Gasteiger partial charge in [0.2, 0.25) is 5.60 Å². The molecular formula is C21H24N2O4. The molecule has 4 aliphatic heterocycles. The molecule has 0 unspecified atom stereocenters. The molecule has 27 heavy (non-hydrogen) atoms. The van der Waals surface area contributed by atoms with E-state index in [0.29, 0.717) is 6.42 Å². The Kier molecular flexibility index (Phi) is 2.72. The predicted molar refractivity (Wildman–Crippen MR) is 98.2 cm³/mol. The highest BCUT2D eigenvalue weighted by atomic mass is 16.6. The third-order valence-electron chi connectivity index (χ3n) is 8.06.